The van der Waals surface area contributed by atoms with Crippen molar-refractivity contribution in [3.05, 3.63) is 60.2 Å². The number of carbonyl (C=O) groups excluding carboxylic acids is 2. The van der Waals surface area contributed by atoms with Gasteiger partial charge in [0.05, 0.1) is 0 Å². The SMILES string of the molecule is O=CC1(C=O)C=CC(c2ccccc2)C=C1. The molecular weight excluding hydrogens is 200 g/mol. The van der Waals surface area contributed by atoms with Crippen molar-refractivity contribution < 1.29 is 9.59 Å². The van der Waals surface area contributed by atoms with E-state index in [1.54, 1.807) is 12.2 Å². The maximum Gasteiger partial charge on any atom is 0.140 e. The highest BCUT2D eigenvalue weighted by Gasteiger charge is 2.25. The zero-order valence-electron chi connectivity index (χ0n) is 8.74. The molecule has 0 aliphatic heterocycles. The molecule has 0 aromatic heterocycles. The van der Waals surface area contributed by atoms with E-state index >= 15 is 0 Å². The third-order valence-electron chi connectivity index (χ3n) is 2.78. The molecule has 0 N–H and O–H groups in total. The summed E-state index contributed by atoms with van der Waals surface area (Å²) in [6.45, 7) is 0. The molecule has 1 aliphatic rings. The Balaban J connectivity index is 2.25. The van der Waals surface area contributed by atoms with Gasteiger partial charge in [-0.2, -0.15) is 0 Å². The molecule has 0 fully saturated rings. The van der Waals surface area contributed by atoms with Crippen molar-refractivity contribution in [1.29, 1.82) is 0 Å². The maximum atomic E-state index is 10.8. The average Bonchev–Trinajstić information content (AvgIpc) is 2.40. The molecule has 2 nitrogen and oxygen atoms in total. The van der Waals surface area contributed by atoms with Gasteiger partial charge < -0.3 is 9.59 Å². The molecule has 0 unspecified atom stereocenters. The minimum absolute atomic E-state index is 0.147. The van der Waals surface area contributed by atoms with Gasteiger partial charge in [0.15, 0.2) is 0 Å². The normalized spacial score (nSPS) is 18.2. The van der Waals surface area contributed by atoms with Crippen molar-refractivity contribution >= 4 is 12.6 Å². The molecule has 0 bridgehead atoms. The van der Waals surface area contributed by atoms with Crippen LogP contribution in [0.5, 0.6) is 0 Å². The smallest absolute Gasteiger partial charge is 0.140 e. The standard InChI is InChI=1S/C14H12O2/c15-10-14(11-16)8-6-13(7-9-14)12-4-2-1-3-5-12/h1-11,13H. The lowest BCUT2D eigenvalue weighted by molar-refractivity contribution is -0.121. The topological polar surface area (TPSA) is 34.1 Å². The van der Waals surface area contributed by atoms with Crippen LogP contribution < -0.4 is 0 Å². The summed E-state index contributed by atoms with van der Waals surface area (Å²) in [5, 5.41) is 0. The van der Waals surface area contributed by atoms with E-state index in [9.17, 15) is 9.59 Å². The van der Waals surface area contributed by atoms with Gasteiger partial charge in [-0.1, -0.05) is 54.6 Å². The van der Waals surface area contributed by atoms with Gasteiger partial charge in [-0.15, -0.1) is 0 Å². The molecule has 0 saturated heterocycles. The van der Waals surface area contributed by atoms with Crippen molar-refractivity contribution in [2.75, 3.05) is 0 Å². The van der Waals surface area contributed by atoms with Crippen LogP contribution in [0.15, 0.2) is 54.6 Å². The Morgan fingerprint density at radius 2 is 1.50 bits per heavy atom. The molecule has 1 aromatic carbocycles. The van der Waals surface area contributed by atoms with Crippen LogP contribution in [0, 0.1) is 5.41 Å². The molecule has 2 rings (SSSR count). The number of allylic oxidation sites excluding steroid dienone is 4. The molecule has 0 heterocycles. The van der Waals surface area contributed by atoms with E-state index in [-0.39, 0.29) is 5.92 Å². The Bertz CT molecular complexity index is 419. The number of carbonyl (C=O) groups is 2. The van der Waals surface area contributed by atoms with Crippen LogP contribution in [-0.2, 0) is 9.59 Å². The predicted molar refractivity (Wildman–Crippen MR) is 62.0 cm³/mol. The second kappa shape index (κ2) is 4.27. The lowest BCUT2D eigenvalue weighted by Crippen LogP contribution is -2.21. The highest BCUT2D eigenvalue weighted by molar-refractivity contribution is 5.90. The van der Waals surface area contributed by atoms with E-state index in [0.29, 0.717) is 12.6 Å². The van der Waals surface area contributed by atoms with Gasteiger partial charge in [0.2, 0.25) is 0 Å². The molecule has 0 spiro atoms. The summed E-state index contributed by atoms with van der Waals surface area (Å²) >= 11 is 0. The Morgan fingerprint density at radius 1 is 0.938 bits per heavy atom. The fraction of sp³-hybridized carbons (Fsp3) is 0.143. The van der Waals surface area contributed by atoms with E-state index in [0.717, 1.165) is 5.56 Å². The first kappa shape index (κ1) is 10.6. The lowest BCUT2D eigenvalue weighted by atomic mass is 9.82. The summed E-state index contributed by atoms with van der Waals surface area (Å²) < 4.78 is 0. The third kappa shape index (κ3) is 1.87. The Labute approximate surface area is 94.3 Å². The van der Waals surface area contributed by atoms with Crippen LogP contribution in [-0.4, -0.2) is 12.6 Å². The second-order valence-electron chi connectivity index (χ2n) is 3.89. The minimum Gasteiger partial charge on any atom is -0.302 e. The second-order valence-corrected chi connectivity index (χ2v) is 3.89. The van der Waals surface area contributed by atoms with Crippen molar-refractivity contribution in [2.45, 2.75) is 5.92 Å². The van der Waals surface area contributed by atoms with E-state index in [4.69, 9.17) is 0 Å². The van der Waals surface area contributed by atoms with Crippen molar-refractivity contribution in [2.24, 2.45) is 5.41 Å². The number of hydrogen-bond donors (Lipinski definition) is 0. The number of hydrogen-bond acceptors (Lipinski definition) is 2. The molecule has 0 saturated carbocycles. The Morgan fingerprint density at radius 3 is 2.00 bits per heavy atom. The van der Waals surface area contributed by atoms with E-state index < -0.39 is 5.41 Å². The molecule has 1 aliphatic carbocycles. The summed E-state index contributed by atoms with van der Waals surface area (Å²) in [4.78, 5) is 21.6. The number of aldehydes is 2. The Hall–Kier alpha value is -1.96. The Kier molecular flexibility index (Phi) is 2.82. The van der Waals surface area contributed by atoms with E-state index in [1.807, 2.05) is 42.5 Å². The van der Waals surface area contributed by atoms with Gasteiger partial charge in [-0.05, 0) is 5.56 Å². The van der Waals surface area contributed by atoms with E-state index in [1.165, 1.54) is 0 Å². The lowest BCUT2D eigenvalue weighted by Gasteiger charge is -2.19. The van der Waals surface area contributed by atoms with Gasteiger partial charge >= 0.3 is 0 Å². The average molecular weight is 212 g/mol. The zero-order chi connectivity index (χ0) is 11.4. The van der Waals surface area contributed by atoms with Gasteiger partial charge in [0.25, 0.3) is 0 Å². The summed E-state index contributed by atoms with van der Waals surface area (Å²) in [6.07, 6.45) is 8.41. The largest absolute Gasteiger partial charge is 0.302 e. The fourth-order valence-corrected chi connectivity index (χ4v) is 1.74. The molecule has 0 atom stereocenters. The highest BCUT2D eigenvalue weighted by atomic mass is 16.1. The molecule has 0 radical (unpaired) electrons. The number of benzene rings is 1. The molecule has 16 heavy (non-hydrogen) atoms. The highest BCUT2D eigenvalue weighted by Crippen LogP contribution is 2.28. The van der Waals surface area contributed by atoms with Crippen molar-refractivity contribution in [3.8, 4) is 0 Å². The van der Waals surface area contributed by atoms with Crippen molar-refractivity contribution in [3.63, 3.8) is 0 Å². The van der Waals surface area contributed by atoms with Crippen LogP contribution >= 0.6 is 0 Å². The first-order valence-electron chi connectivity index (χ1n) is 5.16. The molecule has 0 amide bonds. The molecule has 1 aromatic rings. The molecular formula is C14H12O2. The van der Waals surface area contributed by atoms with Gasteiger partial charge in [0, 0.05) is 5.92 Å². The number of rotatable bonds is 3. The first-order chi connectivity index (χ1) is 7.79. The summed E-state index contributed by atoms with van der Waals surface area (Å²) in [5.74, 6) is 0.147. The van der Waals surface area contributed by atoms with Crippen LogP contribution in [0.3, 0.4) is 0 Å². The van der Waals surface area contributed by atoms with Crippen LogP contribution in [0.2, 0.25) is 0 Å². The van der Waals surface area contributed by atoms with Crippen molar-refractivity contribution in [1.82, 2.24) is 0 Å². The van der Waals surface area contributed by atoms with Gasteiger partial charge in [-0.25, -0.2) is 0 Å². The maximum absolute atomic E-state index is 10.8. The third-order valence-corrected chi connectivity index (χ3v) is 2.78. The van der Waals surface area contributed by atoms with E-state index in [2.05, 4.69) is 0 Å². The quantitative estimate of drug-likeness (QED) is 0.437. The zero-order valence-corrected chi connectivity index (χ0v) is 8.74. The molecule has 80 valence electrons. The van der Waals surface area contributed by atoms with Crippen LogP contribution in [0.1, 0.15) is 11.5 Å². The summed E-state index contributed by atoms with van der Waals surface area (Å²) in [6, 6.07) is 9.94. The van der Waals surface area contributed by atoms with Crippen LogP contribution in [0.25, 0.3) is 0 Å². The van der Waals surface area contributed by atoms with Crippen LogP contribution in [0.4, 0.5) is 0 Å². The fourth-order valence-electron chi connectivity index (χ4n) is 1.74. The van der Waals surface area contributed by atoms with Gasteiger partial charge in [0.1, 0.15) is 18.0 Å². The minimum atomic E-state index is -1.05. The first-order valence-corrected chi connectivity index (χ1v) is 5.16. The molecule has 2 heteroatoms. The monoisotopic (exact) mass is 212 g/mol. The summed E-state index contributed by atoms with van der Waals surface area (Å²) in [5.41, 5.74) is 0.103. The summed E-state index contributed by atoms with van der Waals surface area (Å²) in [7, 11) is 0. The van der Waals surface area contributed by atoms with Gasteiger partial charge in [-0.3, -0.25) is 0 Å². The predicted octanol–water partition coefficient (Wildman–Crippen LogP) is 2.28.